The van der Waals surface area contributed by atoms with Gasteiger partial charge in [-0.1, -0.05) is 7.43 Å². The molecule has 35 heavy (non-hydrogen) atoms. The van der Waals surface area contributed by atoms with Gasteiger partial charge in [0.1, 0.15) is 22.6 Å². The summed E-state index contributed by atoms with van der Waals surface area (Å²) in [6.45, 7) is 11.2. The topological polar surface area (TPSA) is 108 Å². The highest BCUT2D eigenvalue weighted by molar-refractivity contribution is 7.14. The third kappa shape index (κ3) is 11.2. The molecular formula is C21H32F4N4O4S2. The first kappa shape index (κ1) is 32.5. The molecule has 0 aliphatic rings. The SMILES string of the molecule is C.CC(C)(C)OC(=O)N(C(=O)OC(C)(C)C)c1nc(C(C)(F)F)cs1.CC(F)(F)c1csc(N)n1. The molecule has 2 N–H and O–H groups in total. The van der Waals surface area contributed by atoms with E-state index in [0.717, 1.165) is 35.0 Å². The maximum Gasteiger partial charge on any atom is 0.426 e. The molecule has 0 radical (unpaired) electrons. The molecule has 2 amide bonds. The van der Waals surface area contributed by atoms with Crippen LogP contribution >= 0.6 is 22.7 Å². The number of halogens is 4. The first-order chi connectivity index (χ1) is 15.1. The molecule has 200 valence electrons. The molecule has 0 spiro atoms. The van der Waals surface area contributed by atoms with E-state index >= 15 is 0 Å². The van der Waals surface area contributed by atoms with E-state index in [1.165, 1.54) is 5.38 Å². The van der Waals surface area contributed by atoms with Crippen molar-refractivity contribution in [3.8, 4) is 0 Å². The van der Waals surface area contributed by atoms with Crippen molar-refractivity contribution in [1.29, 1.82) is 0 Å². The van der Waals surface area contributed by atoms with Gasteiger partial charge in [-0.15, -0.1) is 22.7 Å². The lowest BCUT2D eigenvalue weighted by molar-refractivity contribution is 0.0128. The monoisotopic (exact) mass is 544 g/mol. The molecule has 2 rings (SSSR count). The first-order valence-corrected chi connectivity index (χ1v) is 11.6. The van der Waals surface area contributed by atoms with E-state index in [2.05, 4.69) is 9.97 Å². The number of anilines is 2. The summed E-state index contributed by atoms with van der Waals surface area (Å²) < 4.78 is 61.8. The van der Waals surface area contributed by atoms with Gasteiger partial charge in [-0.3, -0.25) is 0 Å². The fourth-order valence-corrected chi connectivity index (χ4v) is 3.43. The average Bonchev–Trinajstić information content (AvgIpc) is 3.20. The maximum atomic E-state index is 13.4. The summed E-state index contributed by atoms with van der Waals surface area (Å²) in [6, 6.07) is 0. The molecule has 2 aromatic rings. The number of alkyl halides is 4. The quantitative estimate of drug-likeness (QED) is 0.401. The molecule has 0 aliphatic carbocycles. The minimum Gasteiger partial charge on any atom is -0.443 e. The smallest absolute Gasteiger partial charge is 0.426 e. The van der Waals surface area contributed by atoms with Crippen LogP contribution in [0.2, 0.25) is 0 Å². The number of nitrogens with zero attached hydrogens (tertiary/aromatic N) is 3. The lowest BCUT2D eigenvalue weighted by Gasteiger charge is -2.27. The molecule has 0 saturated heterocycles. The third-order valence-electron chi connectivity index (χ3n) is 3.26. The first-order valence-electron chi connectivity index (χ1n) is 9.79. The van der Waals surface area contributed by atoms with E-state index in [-0.39, 0.29) is 23.4 Å². The van der Waals surface area contributed by atoms with Crippen LogP contribution < -0.4 is 10.6 Å². The maximum absolute atomic E-state index is 13.4. The van der Waals surface area contributed by atoms with Crippen molar-refractivity contribution >= 4 is 45.1 Å². The summed E-state index contributed by atoms with van der Waals surface area (Å²) in [5.74, 6) is -6.06. The van der Waals surface area contributed by atoms with Gasteiger partial charge in [0.25, 0.3) is 11.8 Å². The predicted octanol–water partition coefficient (Wildman–Crippen LogP) is 7.40. The predicted molar refractivity (Wildman–Crippen MR) is 129 cm³/mol. The van der Waals surface area contributed by atoms with Crippen molar-refractivity contribution in [3.63, 3.8) is 0 Å². The number of rotatable bonds is 3. The van der Waals surface area contributed by atoms with E-state index < -0.39 is 40.9 Å². The molecular weight excluding hydrogens is 512 g/mol. The number of ether oxygens (including phenoxy) is 2. The highest BCUT2D eigenvalue weighted by atomic mass is 32.1. The molecule has 0 bridgehead atoms. The number of hydrogen-bond acceptors (Lipinski definition) is 9. The Labute approximate surface area is 210 Å². The largest absolute Gasteiger partial charge is 0.443 e. The van der Waals surface area contributed by atoms with Gasteiger partial charge < -0.3 is 15.2 Å². The Bertz CT molecular complexity index is 959. The molecule has 0 fully saturated rings. The number of carbonyl (C=O) groups is 2. The van der Waals surface area contributed by atoms with Gasteiger partial charge in [-0.05, 0) is 41.5 Å². The van der Waals surface area contributed by atoms with Gasteiger partial charge in [0, 0.05) is 24.6 Å². The molecule has 14 heteroatoms. The standard InChI is InChI=1S/C15H22F2N2O4S.C5H6F2N2S.CH4/c1-13(2,3)22-11(20)19(12(21)23-14(4,5)6)10-18-9(8-24-10)15(7,16)17;1-5(6,7)3-2-10-4(8)9-3;/h8H,1-7H3;2H,1H3,(H2,8,9);1H4. The summed E-state index contributed by atoms with van der Waals surface area (Å²) in [7, 11) is 0. The number of thiazole rings is 2. The second-order valence-corrected chi connectivity index (χ2v) is 10.9. The van der Waals surface area contributed by atoms with Crippen LogP contribution in [-0.4, -0.2) is 33.4 Å². The van der Waals surface area contributed by atoms with Crippen molar-refractivity contribution in [1.82, 2.24) is 9.97 Å². The van der Waals surface area contributed by atoms with Gasteiger partial charge in [0.05, 0.1) is 0 Å². The molecule has 2 heterocycles. The van der Waals surface area contributed by atoms with Crippen LogP contribution in [0.3, 0.4) is 0 Å². The fourth-order valence-electron chi connectivity index (χ4n) is 1.90. The zero-order valence-corrected chi connectivity index (χ0v) is 21.7. The molecule has 2 aromatic heterocycles. The van der Waals surface area contributed by atoms with Gasteiger partial charge >= 0.3 is 12.2 Å². The zero-order chi connectivity index (χ0) is 26.7. The van der Waals surface area contributed by atoms with E-state index in [9.17, 15) is 27.2 Å². The Morgan fingerprint density at radius 1 is 0.800 bits per heavy atom. The van der Waals surface area contributed by atoms with Crippen molar-refractivity contribution in [2.75, 3.05) is 10.6 Å². The number of imide groups is 1. The minimum absolute atomic E-state index is 0. The van der Waals surface area contributed by atoms with Crippen molar-refractivity contribution in [2.45, 2.75) is 85.9 Å². The lowest BCUT2D eigenvalue weighted by atomic mass is 10.2. The van der Waals surface area contributed by atoms with E-state index in [4.69, 9.17) is 15.2 Å². The Hall–Kier alpha value is -2.48. The van der Waals surface area contributed by atoms with Crippen molar-refractivity contribution in [3.05, 3.63) is 22.1 Å². The molecule has 8 nitrogen and oxygen atoms in total. The number of nitrogens with two attached hydrogens (primary N) is 1. The Balaban J connectivity index is 0.000000878. The van der Waals surface area contributed by atoms with Gasteiger partial charge in [-0.2, -0.15) is 22.5 Å². The molecule has 0 saturated carbocycles. The van der Waals surface area contributed by atoms with Crippen LogP contribution in [0.5, 0.6) is 0 Å². The van der Waals surface area contributed by atoms with E-state index in [1.54, 1.807) is 41.5 Å². The third-order valence-corrected chi connectivity index (χ3v) is 4.76. The van der Waals surface area contributed by atoms with Crippen molar-refractivity contribution in [2.24, 2.45) is 0 Å². The lowest BCUT2D eigenvalue weighted by Crippen LogP contribution is -2.43. The van der Waals surface area contributed by atoms with Crippen LogP contribution in [0.4, 0.5) is 37.4 Å². The highest BCUT2D eigenvalue weighted by Crippen LogP contribution is 2.33. The summed E-state index contributed by atoms with van der Waals surface area (Å²) in [5, 5.41) is 2.28. The van der Waals surface area contributed by atoms with Gasteiger partial charge in [0.2, 0.25) is 5.13 Å². The zero-order valence-electron chi connectivity index (χ0n) is 20.0. The molecule has 0 aliphatic heterocycles. The number of nitrogen functional groups attached to an aromatic ring is 1. The summed E-state index contributed by atoms with van der Waals surface area (Å²) in [5.41, 5.74) is 2.59. The van der Waals surface area contributed by atoms with Crippen LogP contribution in [0.25, 0.3) is 0 Å². The van der Waals surface area contributed by atoms with Gasteiger partial charge in [-0.25, -0.2) is 19.6 Å². The summed E-state index contributed by atoms with van der Waals surface area (Å²) >= 11 is 1.74. The number of aromatic nitrogens is 2. The fraction of sp³-hybridized carbons (Fsp3) is 0.619. The number of carbonyl (C=O) groups excluding carboxylic acids is 2. The molecule has 0 unspecified atom stereocenters. The van der Waals surface area contributed by atoms with Crippen molar-refractivity contribution < 1.29 is 36.6 Å². The number of amides is 2. The van der Waals surface area contributed by atoms with Gasteiger partial charge in [0.15, 0.2) is 5.13 Å². The average molecular weight is 545 g/mol. The summed E-state index contributed by atoms with van der Waals surface area (Å²) in [6.07, 6.45) is -2.09. The normalized spacial score (nSPS) is 12.1. The molecule has 0 aromatic carbocycles. The number of hydrogen-bond donors (Lipinski definition) is 1. The Morgan fingerprint density at radius 2 is 1.17 bits per heavy atom. The second kappa shape index (κ2) is 11.5. The van der Waals surface area contributed by atoms with Crippen LogP contribution in [0.15, 0.2) is 10.8 Å². The Kier molecular flexibility index (Phi) is 10.7. The van der Waals surface area contributed by atoms with Crippen LogP contribution in [-0.2, 0) is 21.3 Å². The minimum atomic E-state index is -3.19. The molecule has 0 atom stereocenters. The highest BCUT2D eigenvalue weighted by Gasteiger charge is 2.36. The van der Waals surface area contributed by atoms with Crippen LogP contribution in [0, 0.1) is 0 Å². The van der Waals surface area contributed by atoms with E-state index in [1.807, 2.05) is 0 Å². The van der Waals surface area contributed by atoms with E-state index in [0.29, 0.717) is 11.8 Å². The Morgan fingerprint density at radius 3 is 1.43 bits per heavy atom. The second-order valence-electron chi connectivity index (χ2n) is 9.16. The summed E-state index contributed by atoms with van der Waals surface area (Å²) in [4.78, 5) is 32.3. The van der Waals surface area contributed by atoms with Crippen LogP contribution in [0.1, 0.15) is 74.2 Å².